The maximum Gasteiger partial charge on any atom is 0.344 e. The van der Waals surface area contributed by atoms with Crippen molar-refractivity contribution >= 4 is 71.4 Å². The number of rotatable bonds is 7. The lowest BCUT2D eigenvalue weighted by Gasteiger charge is -2.11. The van der Waals surface area contributed by atoms with Crippen LogP contribution < -0.4 is 10.1 Å². The van der Waals surface area contributed by atoms with Crippen LogP contribution in [0.4, 0.5) is 5.69 Å². The quantitative estimate of drug-likeness (QED) is 0.264. The molecule has 2 aromatic carbocycles. The Morgan fingerprint density at radius 1 is 1.14 bits per heavy atom. The molecule has 0 bridgehead atoms. The number of benzene rings is 2. The first-order valence-electron chi connectivity index (χ1n) is 8.30. The highest BCUT2D eigenvalue weighted by molar-refractivity contribution is 9.11. The van der Waals surface area contributed by atoms with Gasteiger partial charge >= 0.3 is 5.97 Å². The van der Waals surface area contributed by atoms with E-state index in [0.717, 1.165) is 4.47 Å². The predicted molar refractivity (Wildman–Crippen MR) is 120 cm³/mol. The second-order valence-corrected chi connectivity index (χ2v) is 8.16. The van der Waals surface area contributed by atoms with Crippen LogP contribution >= 0.6 is 47.8 Å². The molecular weight excluding hydrogens is 572 g/mol. The zero-order valence-corrected chi connectivity index (χ0v) is 19.9. The summed E-state index contributed by atoms with van der Waals surface area (Å²) in [4.78, 5) is 23.9. The second kappa shape index (κ2) is 11.1. The largest absolute Gasteiger partial charge is 0.480 e. The molecule has 0 aromatic heterocycles. The summed E-state index contributed by atoms with van der Waals surface area (Å²) in [7, 11) is 0. The lowest BCUT2D eigenvalue weighted by Crippen LogP contribution is -2.15. The Bertz CT molecular complexity index is 959. The molecule has 6 nitrogen and oxygen atoms in total. The van der Waals surface area contributed by atoms with Gasteiger partial charge in [0.05, 0.1) is 15.6 Å². The highest BCUT2D eigenvalue weighted by Crippen LogP contribution is 2.35. The fourth-order valence-corrected chi connectivity index (χ4v) is 3.90. The summed E-state index contributed by atoms with van der Waals surface area (Å²) in [6, 6.07) is 12.3. The van der Waals surface area contributed by atoms with Gasteiger partial charge in [0.15, 0.2) is 6.61 Å². The Balaban J connectivity index is 2.18. The van der Waals surface area contributed by atoms with Gasteiger partial charge in [0.2, 0.25) is 0 Å². The number of nitrogens with one attached hydrogen (secondary N) is 1. The molecule has 0 aliphatic heterocycles. The molecule has 1 N–H and O–H groups in total. The topological polar surface area (TPSA) is 88.4 Å². The fraction of sp³-hybridized carbons (Fsp3) is 0.150. The van der Waals surface area contributed by atoms with Gasteiger partial charge in [-0.2, -0.15) is 5.26 Å². The third kappa shape index (κ3) is 6.99. The fourth-order valence-electron chi connectivity index (χ4n) is 2.18. The van der Waals surface area contributed by atoms with E-state index in [9.17, 15) is 14.9 Å². The summed E-state index contributed by atoms with van der Waals surface area (Å²) in [6.45, 7) is 1.75. The third-order valence-electron chi connectivity index (χ3n) is 3.44. The van der Waals surface area contributed by atoms with Gasteiger partial charge in [0, 0.05) is 10.2 Å². The van der Waals surface area contributed by atoms with Crippen molar-refractivity contribution in [3.63, 3.8) is 0 Å². The Morgan fingerprint density at radius 3 is 2.31 bits per heavy atom. The van der Waals surface area contributed by atoms with Crippen molar-refractivity contribution in [1.29, 1.82) is 5.26 Å². The molecule has 0 aliphatic carbocycles. The van der Waals surface area contributed by atoms with Crippen LogP contribution in [0.25, 0.3) is 6.08 Å². The van der Waals surface area contributed by atoms with Gasteiger partial charge < -0.3 is 14.8 Å². The normalized spacial score (nSPS) is 10.8. The summed E-state index contributed by atoms with van der Waals surface area (Å²) >= 11 is 10.1. The minimum Gasteiger partial charge on any atom is -0.480 e. The standard InChI is InChI=1S/C20H15Br3N2O4/c1-2-28-18(26)11-29-19-16(22)8-12(9-17(19)23)7-13(10-24)20(27)25-15-5-3-14(21)4-6-15/h3-9H,2,11H2,1H3,(H,25,27)/b13-7-. The van der Waals surface area contributed by atoms with Gasteiger partial charge in [-0.3, -0.25) is 4.79 Å². The molecule has 2 aromatic rings. The van der Waals surface area contributed by atoms with Crippen molar-refractivity contribution in [1.82, 2.24) is 0 Å². The molecule has 0 fully saturated rings. The zero-order chi connectivity index (χ0) is 21.4. The zero-order valence-electron chi connectivity index (χ0n) is 15.2. The Kier molecular flexibility index (Phi) is 8.89. The number of nitrogens with zero attached hydrogens (tertiary/aromatic N) is 1. The van der Waals surface area contributed by atoms with Crippen molar-refractivity contribution in [2.45, 2.75) is 6.92 Å². The first kappa shape index (κ1) is 23.1. The van der Waals surface area contributed by atoms with Gasteiger partial charge in [0.25, 0.3) is 5.91 Å². The van der Waals surface area contributed by atoms with E-state index < -0.39 is 11.9 Å². The van der Waals surface area contributed by atoms with Gasteiger partial charge in [-0.1, -0.05) is 15.9 Å². The molecule has 0 atom stereocenters. The molecule has 0 heterocycles. The number of hydrogen-bond acceptors (Lipinski definition) is 5. The van der Waals surface area contributed by atoms with Gasteiger partial charge in [-0.15, -0.1) is 0 Å². The Hall–Kier alpha value is -2.15. The van der Waals surface area contributed by atoms with Crippen molar-refractivity contribution < 1.29 is 19.1 Å². The van der Waals surface area contributed by atoms with E-state index >= 15 is 0 Å². The number of esters is 1. The number of amides is 1. The molecule has 150 valence electrons. The molecular formula is C20H15Br3N2O4. The molecule has 0 spiro atoms. The highest BCUT2D eigenvalue weighted by Gasteiger charge is 2.14. The van der Waals surface area contributed by atoms with Crippen LogP contribution in [0.2, 0.25) is 0 Å². The lowest BCUT2D eigenvalue weighted by molar-refractivity contribution is -0.145. The minimum atomic E-state index is -0.523. The lowest BCUT2D eigenvalue weighted by atomic mass is 10.1. The van der Waals surface area contributed by atoms with Crippen molar-refractivity contribution in [3.8, 4) is 11.8 Å². The number of ether oxygens (including phenoxy) is 2. The molecule has 0 unspecified atom stereocenters. The first-order chi connectivity index (χ1) is 13.8. The first-order valence-corrected chi connectivity index (χ1v) is 10.7. The summed E-state index contributed by atoms with van der Waals surface area (Å²) in [5.41, 5.74) is 1.10. The Labute approximate surface area is 193 Å². The minimum absolute atomic E-state index is 0.0630. The second-order valence-electron chi connectivity index (χ2n) is 5.54. The highest BCUT2D eigenvalue weighted by atomic mass is 79.9. The van der Waals surface area contributed by atoms with Crippen LogP contribution in [-0.2, 0) is 14.3 Å². The maximum atomic E-state index is 12.4. The van der Waals surface area contributed by atoms with E-state index in [2.05, 4.69) is 53.1 Å². The van der Waals surface area contributed by atoms with Crippen LogP contribution in [0, 0.1) is 11.3 Å². The summed E-state index contributed by atoms with van der Waals surface area (Å²) in [5.74, 6) is -0.593. The summed E-state index contributed by atoms with van der Waals surface area (Å²) in [6.07, 6.45) is 1.46. The van der Waals surface area contributed by atoms with Crippen LogP contribution in [0.5, 0.6) is 5.75 Å². The maximum absolute atomic E-state index is 12.4. The van der Waals surface area contributed by atoms with Crippen LogP contribution in [-0.4, -0.2) is 25.1 Å². The van der Waals surface area contributed by atoms with E-state index in [0.29, 0.717) is 25.9 Å². The van der Waals surface area contributed by atoms with Gasteiger partial charge in [0.1, 0.15) is 17.4 Å². The molecule has 29 heavy (non-hydrogen) atoms. The number of nitriles is 1. The Morgan fingerprint density at radius 2 is 1.76 bits per heavy atom. The number of hydrogen-bond donors (Lipinski definition) is 1. The molecule has 0 saturated heterocycles. The van der Waals surface area contributed by atoms with Gasteiger partial charge in [-0.05, 0) is 86.8 Å². The number of anilines is 1. The molecule has 0 saturated carbocycles. The average molecular weight is 587 g/mol. The third-order valence-corrected chi connectivity index (χ3v) is 5.15. The van der Waals surface area contributed by atoms with E-state index in [-0.39, 0.29) is 18.8 Å². The molecule has 0 radical (unpaired) electrons. The van der Waals surface area contributed by atoms with Gasteiger partial charge in [-0.25, -0.2) is 4.79 Å². The van der Waals surface area contributed by atoms with E-state index in [4.69, 9.17) is 9.47 Å². The molecule has 9 heteroatoms. The molecule has 1 amide bonds. The predicted octanol–water partition coefficient (Wildman–Crippen LogP) is 5.46. The molecule has 2 rings (SSSR count). The van der Waals surface area contributed by atoms with Crippen LogP contribution in [0.3, 0.4) is 0 Å². The van der Waals surface area contributed by atoms with Crippen molar-refractivity contribution in [2.75, 3.05) is 18.5 Å². The van der Waals surface area contributed by atoms with E-state index in [1.807, 2.05) is 6.07 Å². The average Bonchev–Trinajstić information content (AvgIpc) is 2.67. The van der Waals surface area contributed by atoms with E-state index in [1.54, 1.807) is 43.3 Å². The summed E-state index contributed by atoms with van der Waals surface area (Å²) in [5, 5.41) is 12.1. The number of halogens is 3. The summed E-state index contributed by atoms with van der Waals surface area (Å²) < 4.78 is 12.3. The number of carbonyl (C=O) groups is 2. The van der Waals surface area contributed by atoms with Crippen molar-refractivity contribution in [2.24, 2.45) is 0 Å². The SMILES string of the molecule is CCOC(=O)COc1c(Br)cc(/C=C(/C#N)C(=O)Nc2ccc(Br)cc2)cc1Br. The van der Waals surface area contributed by atoms with Crippen molar-refractivity contribution in [3.05, 3.63) is 61.0 Å². The van der Waals surface area contributed by atoms with Crippen LogP contribution in [0.1, 0.15) is 12.5 Å². The smallest absolute Gasteiger partial charge is 0.344 e. The van der Waals surface area contributed by atoms with E-state index in [1.165, 1.54) is 6.08 Å². The number of carbonyl (C=O) groups excluding carboxylic acids is 2. The monoisotopic (exact) mass is 584 g/mol. The van der Waals surface area contributed by atoms with Crippen LogP contribution in [0.15, 0.2) is 55.4 Å². The molecule has 0 aliphatic rings.